The number of aromatic nitrogens is 2. The number of nitrogens with one attached hydrogen (secondary N) is 1. The third-order valence-corrected chi connectivity index (χ3v) is 12.8. The summed E-state index contributed by atoms with van der Waals surface area (Å²) in [5, 5.41) is 21.4. The van der Waals surface area contributed by atoms with Crippen LogP contribution in [0, 0.1) is 0 Å². The summed E-state index contributed by atoms with van der Waals surface area (Å²) in [6.07, 6.45) is 4.91. The van der Waals surface area contributed by atoms with Gasteiger partial charge in [0.2, 0.25) is 17.7 Å². The molecule has 1 aromatic heterocycles. The summed E-state index contributed by atoms with van der Waals surface area (Å²) in [7, 11) is 1.92. The fraction of sp³-hybridized carbons (Fsp3) is 0.432. The molecule has 14 nitrogen and oxygen atoms in total. The number of likely N-dealkylation sites (tertiary alicyclic amines) is 2. The summed E-state index contributed by atoms with van der Waals surface area (Å²) < 4.78 is 6.42. The number of piperazine rings is 1. The molecule has 0 radical (unpaired) electrons. The minimum atomic E-state index is -0.355. The number of phenols is 1. The van der Waals surface area contributed by atoms with Gasteiger partial charge < -0.3 is 35.2 Å². The molecule has 5 saturated heterocycles. The van der Waals surface area contributed by atoms with Crippen LogP contribution in [-0.2, 0) is 14.4 Å². The van der Waals surface area contributed by atoms with E-state index in [1.807, 2.05) is 53.2 Å². The van der Waals surface area contributed by atoms with Crippen molar-refractivity contribution in [2.75, 3.05) is 73.3 Å². The van der Waals surface area contributed by atoms with E-state index >= 15 is 0 Å². The van der Waals surface area contributed by atoms with Crippen molar-refractivity contribution >= 4 is 40.6 Å². The number of amides is 3. The van der Waals surface area contributed by atoms with Crippen LogP contribution in [0.15, 0.2) is 78.9 Å². The van der Waals surface area contributed by atoms with E-state index < -0.39 is 0 Å². The van der Waals surface area contributed by atoms with E-state index in [1.54, 1.807) is 12.1 Å². The van der Waals surface area contributed by atoms with Crippen molar-refractivity contribution in [1.29, 1.82) is 0 Å². The number of phenolic OH excluding ortho intramolecular Hbond substituents is 1. The molecule has 6 heterocycles. The molecular formula is C44H51N9O5. The summed E-state index contributed by atoms with van der Waals surface area (Å²) in [6.45, 7) is 4.89. The quantitative estimate of drug-likeness (QED) is 0.199. The van der Waals surface area contributed by atoms with Crippen LogP contribution < -0.4 is 30.5 Å². The molecule has 14 heteroatoms. The first-order valence-electron chi connectivity index (χ1n) is 20.5. The van der Waals surface area contributed by atoms with Crippen LogP contribution in [0.25, 0.3) is 11.3 Å². The molecule has 0 spiro atoms. The van der Waals surface area contributed by atoms with Crippen molar-refractivity contribution in [3.05, 3.63) is 84.4 Å². The molecule has 5 fully saturated rings. The number of rotatable bonds is 10. The van der Waals surface area contributed by atoms with Gasteiger partial charge in [0.1, 0.15) is 23.6 Å². The lowest BCUT2D eigenvalue weighted by molar-refractivity contribution is -0.141. The molecule has 0 aliphatic carbocycles. The van der Waals surface area contributed by atoms with E-state index in [0.29, 0.717) is 67.6 Å². The van der Waals surface area contributed by atoms with Gasteiger partial charge in [0, 0.05) is 61.6 Å². The molecule has 0 saturated carbocycles. The third kappa shape index (κ3) is 7.60. The molecule has 58 heavy (non-hydrogen) atoms. The van der Waals surface area contributed by atoms with Crippen molar-refractivity contribution in [2.24, 2.45) is 0 Å². The Balaban J connectivity index is 0.746. The van der Waals surface area contributed by atoms with Gasteiger partial charge in [-0.3, -0.25) is 24.6 Å². The highest BCUT2D eigenvalue weighted by Crippen LogP contribution is 2.40. The van der Waals surface area contributed by atoms with Crippen LogP contribution in [-0.4, -0.2) is 120 Å². The normalized spacial score (nSPS) is 22.8. The first-order valence-corrected chi connectivity index (χ1v) is 20.5. The van der Waals surface area contributed by atoms with Gasteiger partial charge in [0.25, 0.3) is 0 Å². The van der Waals surface area contributed by atoms with Crippen LogP contribution in [0.2, 0.25) is 0 Å². The number of imide groups is 1. The van der Waals surface area contributed by atoms with Gasteiger partial charge in [-0.1, -0.05) is 30.3 Å². The number of nitrogens with zero attached hydrogens (tertiary/aromatic N) is 7. The maximum atomic E-state index is 13.3. The Kier molecular flexibility index (Phi) is 10.3. The Labute approximate surface area is 338 Å². The molecule has 5 aliphatic heterocycles. The number of ether oxygens (including phenoxy) is 1. The van der Waals surface area contributed by atoms with Crippen LogP contribution in [0.1, 0.15) is 50.0 Å². The monoisotopic (exact) mass is 785 g/mol. The number of nitrogens with two attached hydrogens (primary N) is 1. The highest BCUT2D eigenvalue weighted by molar-refractivity contribution is 6.01. The molecule has 302 valence electrons. The zero-order valence-electron chi connectivity index (χ0n) is 32.9. The Hall–Kier alpha value is -5.89. The second-order valence-corrected chi connectivity index (χ2v) is 16.5. The smallest absolute Gasteiger partial charge is 0.249 e. The Morgan fingerprint density at radius 3 is 2.41 bits per heavy atom. The number of para-hydroxylation sites is 1. The van der Waals surface area contributed by atoms with Crippen molar-refractivity contribution in [3.63, 3.8) is 0 Å². The highest BCUT2D eigenvalue weighted by atomic mass is 16.5. The fourth-order valence-corrected chi connectivity index (χ4v) is 9.56. The molecule has 4 N–H and O–H groups in total. The number of hydrogen-bond donors (Lipinski definition) is 3. The van der Waals surface area contributed by atoms with Gasteiger partial charge in [-0.2, -0.15) is 0 Å². The number of piperidine rings is 2. The molecule has 5 aliphatic rings. The SMILES string of the molecule is CN(c1cccc(C2CCN(CC(=O)N3CC(Oc4cccc(N5[C@@H]6CC[C@H]5CN(c5cc(-c7ccccc7O)nnc5N)C6)c4)C3)CC2)c1)C1CCC(=O)NC1=O. The number of carbonyl (C=O) groups is 3. The average molecular weight is 786 g/mol. The molecule has 3 amide bonds. The summed E-state index contributed by atoms with van der Waals surface area (Å²) in [6, 6.07) is 26.0. The Morgan fingerprint density at radius 2 is 1.66 bits per heavy atom. The zero-order valence-corrected chi connectivity index (χ0v) is 32.9. The van der Waals surface area contributed by atoms with Gasteiger partial charge in [0.15, 0.2) is 5.82 Å². The van der Waals surface area contributed by atoms with E-state index in [9.17, 15) is 19.5 Å². The molecule has 3 atom stereocenters. The second-order valence-electron chi connectivity index (χ2n) is 16.5. The second kappa shape index (κ2) is 15.8. The van der Waals surface area contributed by atoms with Crippen molar-refractivity contribution in [1.82, 2.24) is 25.3 Å². The van der Waals surface area contributed by atoms with E-state index in [-0.39, 0.29) is 35.6 Å². The number of likely N-dealkylation sites (N-methyl/N-ethyl adjacent to an activating group) is 1. The maximum Gasteiger partial charge on any atom is 0.249 e. The first-order chi connectivity index (χ1) is 28.2. The number of nitrogen functional groups attached to an aromatic ring is 1. The number of aromatic hydroxyl groups is 1. The highest BCUT2D eigenvalue weighted by Gasteiger charge is 2.41. The molecule has 9 rings (SSSR count). The van der Waals surface area contributed by atoms with E-state index in [0.717, 1.165) is 74.7 Å². The number of anilines is 4. The van der Waals surface area contributed by atoms with Gasteiger partial charge in [0.05, 0.1) is 31.0 Å². The van der Waals surface area contributed by atoms with Crippen LogP contribution >= 0.6 is 0 Å². The predicted octanol–water partition coefficient (Wildman–Crippen LogP) is 4.00. The third-order valence-electron chi connectivity index (χ3n) is 12.8. The topological polar surface area (TPSA) is 161 Å². The van der Waals surface area contributed by atoms with E-state index in [2.05, 4.69) is 60.5 Å². The lowest BCUT2D eigenvalue weighted by Crippen LogP contribution is -2.58. The maximum absolute atomic E-state index is 13.3. The van der Waals surface area contributed by atoms with Crippen molar-refractivity contribution < 1.29 is 24.2 Å². The lowest BCUT2D eigenvalue weighted by atomic mass is 9.89. The summed E-state index contributed by atoms with van der Waals surface area (Å²) in [5.41, 5.74) is 11.8. The summed E-state index contributed by atoms with van der Waals surface area (Å²) in [4.78, 5) is 48.3. The van der Waals surface area contributed by atoms with Gasteiger partial charge in [-0.25, -0.2) is 0 Å². The molecule has 1 unspecified atom stereocenters. The van der Waals surface area contributed by atoms with Gasteiger partial charge in [-0.05, 0) is 99.1 Å². The minimum absolute atomic E-state index is 0.0375. The minimum Gasteiger partial charge on any atom is -0.507 e. The van der Waals surface area contributed by atoms with Crippen molar-refractivity contribution in [2.45, 2.75) is 68.7 Å². The standard InChI is InChI=1S/C44H51N9O5/c1-49(38-14-15-41(55)46-44(38)57)30-7-4-6-29(20-30)28-16-18-50(19-17-28)27-42(56)52-25-35(26-52)58-34-9-5-8-31(21-34)53-32-12-13-33(53)24-51(23-32)39-22-37(47-48-43(39)45)36-10-2-3-11-40(36)54/h2-11,20-22,28,32-33,35,38,54H,12-19,23-27H2,1H3,(H2,45,48)(H,46,55,57)/t32-,33+,38?. The molecule has 4 aromatic rings. The van der Waals surface area contributed by atoms with E-state index in [4.69, 9.17) is 10.5 Å². The number of benzene rings is 3. The van der Waals surface area contributed by atoms with Crippen LogP contribution in [0.5, 0.6) is 11.5 Å². The zero-order chi connectivity index (χ0) is 39.9. The van der Waals surface area contributed by atoms with Crippen LogP contribution in [0.4, 0.5) is 22.9 Å². The van der Waals surface area contributed by atoms with E-state index in [1.165, 1.54) is 5.56 Å². The van der Waals surface area contributed by atoms with Crippen LogP contribution in [0.3, 0.4) is 0 Å². The molecule has 2 bridgehead atoms. The fourth-order valence-electron chi connectivity index (χ4n) is 9.56. The number of carbonyl (C=O) groups excluding carboxylic acids is 3. The largest absolute Gasteiger partial charge is 0.507 e. The summed E-state index contributed by atoms with van der Waals surface area (Å²) in [5.74, 6) is 1.46. The number of hydrogen-bond acceptors (Lipinski definition) is 12. The average Bonchev–Trinajstić information content (AvgIpc) is 3.48. The first kappa shape index (κ1) is 37.7. The molecular weight excluding hydrogens is 735 g/mol. The molecule has 3 aromatic carbocycles. The lowest BCUT2D eigenvalue weighted by Gasteiger charge is -2.44. The number of fused-ring (bicyclic) bond motifs is 2. The van der Waals surface area contributed by atoms with Gasteiger partial charge in [-0.15, -0.1) is 10.2 Å². The predicted molar refractivity (Wildman–Crippen MR) is 222 cm³/mol. The Morgan fingerprint density at radius 1 is 0.897 bits per heavy atom. The Bertz CT molecular complexity index is 2170. The van der Waals surface area contributed by atoms with Gasteiger partial charge >= 0.3 is 0 Å². The van der Waals surface area contributed by atoms with Crippen molar-refractivity contribution in [3.8, 4) is 22.8 Å². The summed E-state index contributed by atoms with van der Waals surface area (Å²) >= 11 is 0.